The molecule has 142 valence electrons. The Bertz CT molecular complexity index is 1040. The molecule has 2 atom stereocenters. The quantitative estimate of drug-likeness (QED) is 0.533. The monoisotopic (exact) mass is 373 g/mol. The van der Waals surface area contributed by atoms with Crippen LogP contribution in [0.4, 0.5) is 0 Å². The third-order valence-electron chi connectivity index (χ3n) is 4.77. The van der Waals surface area contributed by atoms with Gasteiger partial charge in [-0.1, -0.05) is 29.8 Å². The molecule has 2 aromatic carbocycles. The van der Waals surface area contributed by atoms with Gasteiger partial charge in [0.05, 0.1) is 12.4 Å². The maximum atomic E-state index is 5.90. The van der Waals surface area contributed by atoms with Crippen molar-refractivity contribution in [3.8, 4) is 17.1 Å². The molecule has 2 aromatic heterocycles. The molecule has 0 aliphatic carbocycles. The van der Waals surface area contributed by atoms with Crippen molar-refractivity contribution in [1.82, 2.24) is 25.1 Å². The predicted octanol–water partition coefficient (Wildman–Crippen LogP) is 4.64. The Hall–Kier alpha value is -3.25. The molecule has 0 aliphatic heterocycles. The Morgan fingerprint density at radius 2 is 1.82 bits per heavy atom. The van der Waals surface area contributed by atoms with Gasteiger partial charge in [-0.15, -0.1) is 10.2 Å². The molecule has 0 spiro atoms. The SMILES string of the molecule is Cc1cccc(-c2nnc([C@H](C)N[C@H](C)c3ccc(-n4ccnc4)cc3)o2)c1. The normalized spacial score (nSPS) is 13.4. The molecule has 4 rings (SSSR count). The minimum Gasteiger partial charge on any atom is -0.419 e. The topological polar surface area (TPSA) is 68.8 Å². The van der Waals surface area contributed by atoms with E-state index >= 15 is 0 Å². The number of nitrogens with zero attached hydrogens (tertiary/aromatic N) is 4. The molecule has 0 saturated heterocycles. The van der Waals surface area contributed by atoms with Crippen molar-refractivity contribution >= 4 is 0 Å². The first-order valence-electron chi connectivity index (χ1n) is 9.35. The van der Waals surface area contributed by atoms with Gasteiger partial charge in [0, 0.05) is 29.7 Å². The molecular weight excluding hydrogens is 350 g/mol. The third-order valence-corrected chi connectivity index (χ3v) is 4.77. The average Bonchev–Trinajstić information content (AvgIpc) is 3.40. The van der Waals surface area contributed by atoms with E-state index in [0.29, 0.717) is 11.8 Å². The van der Waals surface area contributed by atoms with Crippen LogP contribution in [-0.4, -0.2) is 19.7 Å². The summed E-state index contributed by atoms with van der Waals surface area (Å²) in [5, 5.41) is 12.0. The van der Waals surface area contributed by atoms with Gasteiger partial charge in [0.2, 0.25) is 11.8 Å². The van der Waals surface area contributed by atoms with Crippen LogP contribution in [0, 0.1) is 6.92 Å². The van der Waals surface area contributed by atoms with Gasteiger partial charge in [-0.25, -0.2) is 4.98 Å². The van der Waals surface area contributed by atoms with E-state index in [0.717, 1.165) is 16.8 Å². The number of benzene rings is 2. The predicted molar refractivity (Wildman–Crippen MR) is 108 cm³/mol. The van der Waals surface area contributed by atoms with Crippen LogP contribution < -0.4 is 5.32 Å². The van der Waals surface area contributed by atoms with E-state index in [1.807, 2.05) is 48.9 Å². The summed E-state index contributed by atoms with van der Waals surface area (Å²) < 4.78 is 7.88. The standard InChI is InChI=1S/C22H23N5O/c1-15-5-4-6-19(13-15)22-26-25-21(28-22)17(3)24-16(2)18-7-9-20(10-8-18)27-12-11-23-14-27/h4-14,16-17,24H,1-3H3/t16-,17+/m1/s1. The van der Waals surface area contributed by atoms with Gasteiger partial charge in [0.25, 0.3) is 0 Å². The third kappa shape index (κ3) is 3.87. The second-order valence-electron chi connectivity index (χ2n) is 6.99. The number of nitrogens with one attached hydrogen (secondary N) is 1. The van der Waals surface area contributed by atoms with E-state index < -0.39 is 0 Å². The highest BCUT2D eigenvalue weighted by atomic mass is 16.4. The highest BCUT2D eigenvalue weighted by molar-refractivity contribution is 5.53. The van der Waals surface area contributed by atoms with Gasteiger partial charge < -0.3 is 8.98 Å². The van der Waals surface area contributed by atoms with Crippen molar-refractivity contribution in [2.24, 2.45) is 0 Å². The number of rotatable bonds is 6. The molecule has 6 nitrogen and oxygen atoms in total. The summed E-state index contributed by atoms with van der Waals surface area (Å²) in [5.74, 6) is 1.13. The maximum absolute atomic E-state index is 5.90. The van der Waals surface area contributed by atoms with Crippen molar-refractivity contribution in [3.63, 3.8) is 0 Å². The van der Waals surface area contributed by atoms with E-state index in [4.69, 9.17) is 4.42 Å². The van der Waals surface area contributed by atoms with Crippen LogP contribution in [-0.2, 0) is 0 Å². The molecule has 0 saturated carbocycles. The van der Waals surface area contributed by atoms with Crippen LogP contribution in [0.5, 0.6) is 0 Å². The largest absolute Gasteiger partial charge is 0.419 e. The van der Waals surface area contributed by atoms with Crippen molar-refractivity contribution in [3.05, 3.63) is 84.3 Å². The fourth-order valence-electron chi connectivity index (χ4n) is 3.19. The Morgan fingerprint density at radius 1 is 1.00 bits per heavy atom. The van der Waals surface area contributed by atoms with E-state index in [2.05, 4.69) is 51.7 Å². The average molecular weight is 373 g/mol. The molecular formula is C22H23N5O. The van der Waals surface area contributed by atoms with Gasteiger partial charge >= 0.3 is 0 Å². The first kappa shape index (κ1) is 18.1. The second-order valence-corrected chi connectivity index (χ2v) is 6.99. The molecule has 0 unspecified atom stereocenters. The summed E-state index contributed by atoms with van der Waals surface area (Å²) in [7, 11) is 0. The Balaban J connectivity index is 1.44. The molecule has 1 N–H and O–H groups in total. The highest BCUT2D eigenvalue weighted by Crippen LogP contribution is 2.24. The van der Waals surface area contributed by atoms with Crippen LogP contribution in [0.3, 0.4) is 0 Å². The molecule has 0 aliphatic rings. The lowest BCUT2D eigenvalue weighted by Gasteiger charge is -2.18. The van der Waals surface area contributed by atoms with Crippen LogP contribution in [0.25, 0.3) is 17.1 Å². The molecule has 0 amide bonds. The number of hydrogen-bond acceptors (Lipinski definition) is 5. The molecule has 2 heterocycles. The number of aryl methyl sites for hydroxylation is 1. The Morgan fingerprint density at radius 3 is 2.54 bits per heavy atom. The van der Waals surface area contributed by atoms with E-state index in [9.17, 15) is 0 Å². The lowest BCUT2D eigenvalue weighted by atomic mass is 10.1. The zero-order valence-electron chi connectivity index (χ0n) is 16.2. The smallest absolute Gasteiger partial charge is 0.247 e. The minimum absolute atomic E-state index is 0.0608. The van der Waals surface area contributed by atoms with E-state index in [-0.39, 0.29) is 12.1 Å². The van der Waals surface area contributed by atoms with Crippen molar-refractivity contribution < 1.29 is 4.42 Å². The van der Waals surface area contributed by atoms with Gasteiger partial charge in [0.1, 0.15) is 0 Å². The fraction of sp³-hybridized carbons (Fsp3) is 0.227. The first-order valence-corrected chi connectivity index (χ1v) is 9.35. The molecule has 6 heteroatoms. The summed E-state index contributed by atoms with van der Waals surface area (Å²) >= 11 is 0. The first-order chi connectivity index (χ1) is 13.6. The summed E-state index contributed by atoms with van der Waals surface area (Å²) in [6.45, 7) is 6.20. The summed E-state index contributed by atoms with van der Waals surface area (Å²) in [5.41, 5.74) is 4.38. The van der Waals surface area contributed by atoms with Crippen LogP contribution in [0.15, 0.2) is 71.7 Å². The molecule has 0 fully saturated rings. The molecule has 28 heavy (non-hydrogen) atoms. The summed E-state index contributed by atoms with van der Waals surface area (Å²) in [6, 6.07) is 16.5. The van der Waals surface area contributed by atoms with Gasteiger partial charge in [-0.2, -0.15) is 0 Å². The molecule has 4 aromatic rings. The Labute approximate surface area is 164 Å². The second kappa shape index (κ2) is 7.78. The summed E-state index contributed by atoms with van der Waals surface area (Å²) in [4.78, 5) is 4.08. The number of aromatic nitrogens is 4. The zero-order chi connectivity index (χ0) is 19.5. The van der Waals surface area contributed by atoms with E-state index in [1.54, 1.807) is 12.5 Å². The maximum Gasteiger partial charge on any atom is 0.247 e. The zero-order valence-corrected chi connectivity index (χ0v) is 16.2. The van der Waals surface area contributed by atoms with Crippen LogP contribution in [0.2, 0.25) is 0 Å². The van der Waals surface area contributed by atoms with Crippen molar-refractivity contribution in [2.75, 3.05) is 0 Å². The van der Waals surface area contributed by atoms with Gasteiger partial charge in [-0.3, -0.25) is 5.32 Å². The van der Waals surface area contributed by atoms with Crippen LogP contribution in [0.1, 0.15) is 42.9 Å². The lowest BCUT2D eigenvalue weighted by molar-refractivity contribution is 0.395. The summed E-state index contributed by atoms with van der Waals surface area (Å²) in [6.07, 6.45) is 5.50. The van der Waals surface area contributed by atoms with Crippen molar-refractivity contribution in [2.45, 2.75) is 32.9 Å². The molecule has 0 radical (unpaired) electrons. The highest BCUT2D eigenvalue weighted by Gasteiger charge is 2.18. The lowest BCUT2D eigenvalue weighted by Crippen LogP contribution is -2.22. The Kier molecular flexibility index (Phi) is 5.04. The fourth-order valence-corrected chi connectivity index (χ4v) is 3.19. The van der Waals surface area contributed by atoms with Gasteiger partial charge in [0.15, 0.2) is 0 Å². The minimum atomic E-state index is -0.0608. The van der Waals surface area contributed by atoms with Crippen molar-refractivity contribution in [1.29, 1.82) is 0 Å². The van der Waals surface area contributed by atoms with E-state index in [1.165, 1.54) is 5.56 Å². The van der Waals surface area contributed by atoms with Crippen LogP contribution >= 0.6 is 0 Å². The van der Waals surface area contributed by atoms with Gasteiger partial charge in [-0.05, 0) is 50.6 Å². The number of imidazole rings is 1. The molecule has 0 bridgehead atoms. The number of hydrogen-bond donors (Lipinski definition) is 1.